The van der Waals surface area contributed by atoms with Gasteiger partial charge in [0.25, 0.3) is 0 Å². The van der Waals surface area contributed by atoms with Crippen molar-refractivity contribution in [3.8, 4) is 11.3 Å². The van der Waals surface area contributed by atoms with Crippen molar-refractivity contribution in [1.29, 1.82) is 0 Å². The Labute approximate surface area is 136 Å². The van der Waals surface area contributed by atoms with Crippen LogP contribution in [0.25, 0.3) is 22.3 Å². The van der Waals surface area contributed by atoms with E-state index in [0.717, 1.165) is 41.6 Å². The number of fused-ring (bicyclic) bond motifs is 1. The minimum atomic E-state index is 0.498. The van der Waals surface area contributed by atoms with Crippen molar-refractivity contribution >= 4 is 11.0 Å². The van der Waals surface area contributed by atoms with E-state index in [1.54, 1.807) is 4.68 Å². The molecule has 0 aliphatic rings. The van der Waals surface area contributed by atoms with E-state index in [0.29, 0.717) is 12.5 Å². The van der Waals surface area contributed by atoms with Gasteiger partial charge in [-0.3, -0.25) is 9.67 Å². The molecule has 2 N–H and O–H groups in total. The SMILES string of the molecule is CCCC(CCN)c1ccc2ncc(-c3cnn(C)c3)nc2c1. The van der Waals surface area contributed by atoms with Gasteiger partial charge in [-0.15, -0.1) is 0 Å². The van der Waals surface area contributed by atoms with Crippen molar-refractivity contribution in [2.24, 2.45) is 12.8 Å². The van der Waals surface area contributed by atoms with Gasteiger partial charge in [0.1, 0.15) is 0 Å². The molecule has 3 aromatic rings. The van der Waals surface area contributed by atoms with Crippen LogP contribution in [0, 0.1) is 0 Å². The molecule has 0 spiro atoms. The molecule has 0 fully saturated rings. The fourth-order valence-electron chi connectivity index (χ4n) is 3.00. The summed E-state index contributed by atoms with van der Waals surface area (Å²) in [7, 11) is 1.90. The first-order chi connectivity index (χ1) is 11.2. The summed E-state index contributed by atoms with van der Waals surface area (Å²) in [6.45, 7) is 2.93. The Kier molecular flexibility index (Phi) is 4.67. The molecule has 0 bridgehead atoms. The number of rotatable bonds is 6. The van der Waals surface area contributed by atoms with Crippen LogP contribution in [0.15, 0.2) is 36.8 Å². The van der Waals surface area contributed by atoms with Crippen molar-refractivity contribution in [2.45, 2.75) is 32.1 Å². The van der Waals surface area contributed by atoms with Gasteiger partial charge in [0.15, 0.2) is 0 Å². The van der Waals surface area contributed by atoms with Gasteiger partial charge in [0.05, 0.1) is 29.1 Å². The Morgan fingerprint density at radius 2 is 2.04 bits per heavy atom. The molecule has 3 rings (SSSR count). The average Bonchev–Trinajstić information content (AvgIpc) is 3.00. The van der Waals surface area contributed by atoms with E-state index in [9.17, 15) is 0 Å². The molecule has 120 valence electrons. The molecule has 0 aliphatic heterocycles. The second-order valence-electron chi connectivity index (χ2n) is 5.97. The number of hydrogen-bond donors (Lipinski definition) is 1. The number of aromatic nitrogens is 4. The topological polar surface area (TPSA) is 69.6 Å². The molecule has 0 amide bonds. The highest BCUT2D eigenvalue weighted by atomic mass is 15.2. The zero-order valence-corrected chi connectivity index (χ0v) is 13.7. The van der Waals surface area contributed by atoms with Crippen molar-refractivity contribution in [2.75, 3.05) is 6.54 Å². The molecular weight excluding hydrogens is 286 g/mol. The molecule has 2 heterocycles. The van der Waals surface area contributed by atoms with Crippen LogP contribution in [-0.4, -0.2) is 26.3 Å². The third kappa shape index (κ3) is 3.40. The van der Waals surface area contributed by atoms with Crippen LogP contribution in [0.3, 0.4) is 0 Å². The Hall–Kier alpha value is -2.27. The third-order valence-corrected chi connectivity index (χ3v) is 4.19. The lowest BCUT2D eigenvalue weighted by Gasteiger charge is -2.16. The lowest BCUT2D eigenvalue weighted by Crippen LogP contribution is -2.07. The summed E-state index contributed by atoms with van der Waals surface area (Å²) in [4.78, 5) is 9.31. The van der Waals surface area contributed by atoms with Crippen LogP contribution in [-0.2, 0) is 7.05 Å². The van der Waals surface area contributed by atoms with Gasteiger partial charge in [-0.25, -0.2) is 4.98 Å². The molecule has 1 aromatic carbocycles. The van der Waals surface area contributed by atoms with Gasteiger partial charge in [0.2, 0.25) is 0 Å². The van der Waals surface area contributed by atoms with Crippen LogP contribution in [0.2, 0.25) is 0 Å². The van der Waals surface area contributed by atoms with E-state index >= 15 is 0 Å². The third-order valence-electron chi connectivity index (χ3n) is 4.19. The fraction of sp³-hybridized carbons (Fsp3) is 0.389. The van der Waals surface area contributed by atoms with E-state index in [1.165, 1.54) is 5.56 Å². The second kappa shape index (κ2) is 6.87. The number of nitrogens with two attached hydrogens (primary N) is 1. The molecule has 1 unspecified atom stereocenters. The first-order valence-corrected chi connectivity index (χ1v) is 8.17. The highest BCUT2D eigenvalue weighted by molar-refractivity contribution is 5.77. The molecule has 0 saturated carbocycles. The van der Waals surface area contributed by atoms with E-state index < -0.39 is 0 Å². The van der Waals surface area contributed by atoms with E-state index in [2.05, 4.69) is 35.2 Å². The zero-order valence-electron chi connectivity index (χ0n) is 13.7. The molecule has 1 atom stereocenters. The summed E-state index contributed by atoms with van der Waals surface area (Å²) in [5, 5.41) is 4.20. The quantitative estimate of drug-likeness (QED) is 0.758. The molecular formula is C18H23N5. The normalized spacial score (nSPS) is 12.7. The van der Waals surface area contributed by atoms with Crippen LogP contribution in [0.5, 0.6) is 0 Å². The number of nitrogens with zero attached hydrogens (tertiary/aromatic N) is 4. The maximum absolute atomic E-state index is 5.77. The summed E-state index contributed by atoms with van der Waals surface area (Å²) in [5.74, 6) is 0.498. The van der Waals surface area contributed by atoms with Gasteiger partial charge in [-0.05, 0) is 43.0 Å². The Morgan fingerprint density at radius 3 is 2.74 bits per heavy atom. The number of aryl methyl sites for hydroxylation is 1. The summed E-state index contributed by atoms with van der Waals surface area (Å²) in [6, 6.07) is 6.39. The molecule has 23 heavy (non-hydrogen) atoms. The van der Waals surface area contributed by atoms with Crippen LogP contribution < -0.4 is 5.73 Å². The summed E-state index contributed by atoms with van der Waals surface area (Å²) in [5.41, 5.74) is 10.8. The maximum Gasteiger partial charge on any atom is 0.0924 e. The first kappa shape index (κ1) is 15.6. The maximum atomic E-state index is 5.77. The summed E-state index contributed by atoms with van der Waals surface area (Å²) < 4.78 is 1.77. The lowest BCUT2D eigenvalue weighted by atomic mass is 9.91. The van der Waals surface area contributed by atoms with Crippen molar-refractivity contribution in [3.63, 3.8) is 0 Å². The van der Waals surface area contributed by atoms with Crippen molar-refractivity contribution < 1.29 is 0 Å². The van der Waals surface area contributed by atoms with Gasteiger partial charge >= 0.3 is 0 Å². The number of hydrogen-bond acceptors (Lipinski definition) is 4. The second-order valence-corrected chi connectivity index (χ2v) is 5.97. The molecule has 5 heteroatoms. The van der Waals surface area contributed by atoms with E-state index in [-0.39, 0.29) is 0 Å². The Bertz CT molecular complexity index is 787. The summed E-state index contributed by atoms with van der Waals surface area (Å²) in [6.07, 6.45) is 8.89. The zero-order chi connectivity index (χ0) is 16.2. The first-order valence-electron chi connectivity index (χ1n) is 8.17. The van der Waals surface area contributed by atoms with Gasteiger partial charge in [-0.1, -0.05) is 19.4 Å². The van der Waals surface area contributed by atoms with Crippen LogP contribution in [0.4, 0.5) is 0 Å². The Balaban J connectivity index is 1.99. The monoisotopic (exact) mass is 309 g/mol. The van der Waals surface area contributed by atoms with E-state index in [4.69, 9.17) is 10.7 Å². The summed E-state index contributed by atoms with van der Waals surface area (Å²) >= 11 is 0. The smallest absolute Gasteiger partial charge is 0.0924 e. The van der Waals surface area contributed by atoms with E-state index in [1.807, 2.05) is 25.6 Å². The fourth-order valence-corrected chi connectivity index (χ4v) is 3.00. The van der Waals surface area contributed by atoms with Gasteiger partial charge in [-0.2, -0.15) is 5.10 Å². The molecule has 5 nitrogen and oxygen atoms in total. The molecule has 0 aliphatic carbocycles. The molecule has 2 aromatic heterocycles. The highest BCUT2D eigenvalue weighted by Gasteiger charge is 2.12. The average molecular weight is 309 g/mol. The minimum Gasteiger partial charge on any atom is -0.330 e. The van der Waals surface area contributed by atoms with Gasteiger partial charge < -0.3 is 5.73 Å². The minimum absolute atomic E-state index is 0.498. The largest absolute Gasteiger partial charge is 0.330 e. The molecule has 0 saturated heterocycles. The van der Waals surface area contributed by atoms with Crippen molar-refractivity contribution in [3.05, 3.63) is 42.4 Å². The standard InChI is InChI=1S/C18H23N5/c1-3-4-13(7-8-19)14-5-6-16-17(9-14)22-18(11-20-16)15-10-21-23(2)12-15/h5-6,9-13H,3-4,7-8,19H2,1-2H3. The van der Waals surface area contributed by atoms with Crippen LogP contribution in [0.1, 0.15) is 37.7 Å². The highest BCUT2D eigenvalue weighted by Crippen LogP contribution is 2.27. The lowest BCUT2D eigenvalue weighted by molar-refractivity contribution is 0.576. The number of benzene rings is 1. The van der Waals surface area contributed by atoms with Gasteiger partial charge in [0, 0.05) is 18.8 Å². The Morgan fingerprint density at radius 1 is 1.17 bits per heavy atom. The van der Waals surface area contributed by atoms with Crippen LogP contribution >= 0.6 is 0 Å². The van der Waals surface area contributed by atoms with Crippen molar-refractivity contribution in [1.82, 2.24) is 19.7 Å². The predicted octanol–water partition coefficient (Wildman–Crippen LogP) is 3.26. The molecule has 0 radical (unpaired) electrons. The predicted molar refractivity (Wildman–Crippen MR) is 93.1 cm³/mol.